The number of nitriles is 1. The molecule has 0 radical (unpaired) electrons. The van der Waals surface area contributed by atoms with Gasteiger partial charge in [0, 0.05) is 12.2 Å². The highest BCUT2D eigenvalue weighted by atomic mass is 16.5. The van der Waals surface area contributed by atoms with E-state index in [2.05, 4.69) is 37.1 Å². The molecule has 1 aromatic rings. The van der Waals surface area contributed by atoms with Crippen LogP contribution in [0.5, 0.6) is 5.75 Å². The van der Waals surface area contributed by atoms with Gasteiger partial charge in [0.05, 0.1) is 12.7 Å². The molecule has 1 aromatic heterocycles. The topological polar surface area (TPSA) is 57.9 Å². The molecule has 104 valence electrons. The zero-order valence-electron chi connectivity index (χ0n) is 12.2. The van der Waals surface area contributed by atoms with Gasteiger partial charge in [0.1, 0.15) is 6.07 Å². The van der Waals surface area contributed by atoms with Gasteiger partial charge in [0.2, 0.25) is 0 Å². The van der Waals surface area contributed by atoms with Gasteiger partial charge < -0.3 is 10.1 Å². The number of pyridine rings is 1. The van der Waals surface area contributed by atoms with Crippen molar-refractivity contribution < 1.29 is 4.74 Å². The summed E-state index contributed by atoms with van der Waals surface area (Å²) in [5, 5.41) is 12.4. The highest BCUT2D eigenvalue weighted by Gasteiger charge is 2.14. The average molecular weight is 261 g/mol. The molecule has 1 atom stereocenters. The predicted molar refractivity (Wildman–Crippen MR) is 77.3 cm³/mol. The summed E-state index contributed by atoms with van der Waals surface area (Å²) in [5.74, 6) is 1.89. The molecule has 0 aliphatic heterocycles. The summed E-state index contributed by atoms with van der Waals surface area (Å²) in [6.45, 7) is 6.60. The largest absolute Gasteiger partial charge is 0.492 e. The third-order valence-corrected chi connectivity index (χ3v) is 3.16. The Morgan fingerprint density at radius 2 is 2.16 bits per heavy atom. The molecule has 0 saturated carbocycles. The summed E-state index contributed by atoms with van der Waals surface area (Å²) < 4.78 is 5.29. The summed E-state index contributed by atoms with van der Waals surface area (Å²) in [5.41, 5.74) is 0.513. The molecule has 0 aliphatic rings. The number of nitrogens with one attached hydrogen (secondary N) is 1. The minimum Gasteiger partial charge on any atom is -0.492 e. The Bertz CT molecular complexity index is 438. The third-order valence-electron chi connectivity index (χ3n) is 3.16. The van der Waals surface area contributed by atoms with Crippen LogP contribution in [0.25, 0.3) is 0 Å². The van der Waals surface area contributed by atoms with Crippen molar-refractivity contribution in [3.05, 3.63) is 17.8 Å². The maximum Gasteiger partial charge on any atom is 0.178 e. The number of anilines is 1. The summed E-state index contributed by atoms with van der Waals surface area (Å²) in [6, 6.07) is 4.15. The van der Waals surface area contributed by atoms with Crippen molar-refractivity contribution in [1.29, 1.82) is 5.26 Å². The SMILES string of the molecule is CCC(CCC(C)C)Nc1nccc(C#N)c1OC. The number of ether oxygens (including phenoxy) is 1. The number of nitrogens with zero attached hydrogens (tertiary/aromatic N) is 2. The van der Waals surface area contributed by atoms with E-state index >= 15 is 0 Å². The van der Waals surface area contributed by atoms with Gasteiger partial charge in [0.15, 0.2) is 11.6 Å². The Balaban J connectivity index is 2.82. The molecule has 0 aromatic carbocycles. The Morgan fingerprint density at radius 3 is 2.68 bits per heavy atom. The monoisotopic (exact) mass is 261 g/mol. The summed E-state index contributed by atoms with van der Waals surface area (Å²) >= 11 is 0. The van der Waals surface area contributed by atoms with E-state index in [1.54, 1.807) is 19.4 Å². The predicted octanol–water partition coefficient (Wildman–Crippen LogP) is 3.59. The van der Waals surface area contributed by atoms with Gasteiger partial charge in [-0.2, -0.15) is 5.26 Å². The minimum atomic E-state index is 0.359. The Kier molecular flexibility index (Phi) is 6.14. The molecule has 19 heavy (non-hydrogen) atoms. The van der Waals surface area contributed by atoms with Crippen LogP contribution in [-0.4, -0.2) is 18.1 Å². The Hall–Kier alpha value is -1.76. The van der Waals surface area contributed by atoms with E-state index in [1.165, 1.54) is 6.42 Å². The highest BCUT2D eigenvalue weighted by Crippen LogP contribution is 2.27. The van der Waals surface area contributed by atoms with E-state index in [0.717, 1.165) is 12.8 Å². The van der Waals surface area contributed by atoms with Crippen molar-refractivity contribution in [3.8, 4) is 11.8 Å². The van der Waals surface area contributed by atoms with Crippen molar-refractivity contribution in [2.24, 2.45) is 5.92 Å². The lowest BCUT2D eigenvalue weighted by Crippen LogP contribution is -2.20. The van der Waals surface area contributed by atoms with Gasteiger partial charge in [-0.3, -0.25) is 0 Å². The second-order valence-corrected chi connectivity index (χ2v) is 5.07. The molecule has 4 heteroatoms. The maximum atomic E-state index is 9.06. The first-order chi connectivity index (χ1) is 9.12. The summed E-state index contributed by atoms with van der Waals surface area (Å²) in [4.78, 5) is 4.29. The van der Waals surface area contributed by atoms with Crippen LogP contribution in [0.15, 0.2) is 12.3 Å². The van der Waals surface area contributed by atoms with Crippen LogP contribution in [0.2, 0.25) is 0 Å². The van der Waals surface area contributed by atoms with Crippen molar-refractivity contribution in [2.45, 2.75) is 46.1 Å². The number of hydrogen-bond donors (Lipinski definition) is 1. The lowest BCUT2D eigenvalue weighted by atomic mass is 10.0. The molecule has 0 spiro atoms. The number of aromatic nitrogens is 1. The minimum absolute atomic E-state index is 0.359. The van der Waals surface area contributed by atoms with E-state index in [4.69, 9.17) is 10.00 Å². The van der Waals surface area contributed by atoms with Crippen molar-refractivity contribution in [1.82, 2.24) is 4.98 Å². The fourth-order valence-corrected chi connectivity index (χ4v) is 1.95. The molecule has 0 saturated heterocycles. The molecule has 1 heterocycles. The van der Waals surface area contributed by atoms with Crippen LogP contribution in [0.4, 0.5) is 5.82 Å². The zero-order valence-corrected chi connectivity index (χ0v) is 12.2. The van der Waals surface area contributed by atoms with Crippen LogP contribution in [-0.2, 0) is 0 Å². The number of rotatable bonds is 7. The van der Waals surface area contributed by atoms with Gasteiger partial charge in [-0.15, -0.1) is 0 Å². The first kappa shape index (κ1) is 15.3. The molecule has 0 amide bonds. The van der Waals surface area contributed by atoms with Crippen LogP contribution in [0, 0.1) is 17.2 Å². The third kappa shape index (κ3) is 4.44. The standard InChI is InChI=1S/C15H23N3O/c1-5-13(7-6-11(2)3)18-15-14(19-4)12(10-16)8-9-17-15/h8-9,11,13H,5-7H2,1-4H3,(H,17,18). The molecule has 1 N–H and O–H groups in total. The number of hydrogen-bond acceptors (Lipinski definition) is 4. The quantitative estimate of drug-likeness (QED) is 0.815. The van der Waals surface area contributed by atoms with Gasteiger partial charge in [-0.05, 0) is 31.2 Å². The smallest absolute Gasteiger partial charge is 0.178 e. The van der Waals surface area contributed by atoms with Crippen molar-refractivity contribution in [3.63, 3.8) is 0 Å². The second kappa shape index (κ2) is 7.63. The molecule has 1 unspecified atom stereocenters. The number of methoxy groups -OCH3 is 1. The molecule has 0 aliphatic carbocycles. The Labute approximate surface area is 115 Å². The van der Waals surface area contributed by atoms with Crippen molar-refractivity contribution in [2.75, 3.05) is 12.4 Å². The molecular formula is C15H23N3O. The van der Waals surface area contributed by atoms with Crippen LogP contribution in [0.3, 0.4) is 0 Å². The molecule has 0 bridgehead atoms. The lowest BCUT2D eigenvalue weighted by molar-refractivity contribution is 0.412. The summed E-state index contributed by atoms with van der Waals surface area (Å²) in [6.07, 6.45) is 4.93. The lowest BCUT2D eigenvalue weighted by Gasteiger charge is -2.20. The first-order valence-electron chi connectivity index (χ1n) is 6.82. The highest BCUT2D eigenvalue weighted by molar-refractivity contribution is 5.58. The van der Waals surface area contributed by atoms with E-state index in [0.29, 0.717) is 29.1 Å². The van der Waals surface area contributed by atoms with Crippen molar-refractivity contribution >= 4 is 5.82 Å². The summed E-state index contributed by atoms with van der Waals surface area (Å²) in [7, 11) is 1.57. The fraction of sp³-hybridized carbons (Fsp3) is 0.600. The first-order valence-corrected chi connectivity index (χ1v) is 6.82. The molecular weight excluding hydrogens is 238 g/mol. The normalized spacial score (nSPS) is 12.0. The fourth-order valence-electron chi connectivity index (χ4n) is 1.95. The second-order valence-electron chi connectivity index (χ2n) is 5.07. The molecule has 1 rings (SSSR count). The van der Waals surface area contributed by atoms with Gasteiger partial charge in [-0.1, -0.05) is 20.8 Å². The average Bonchev–Trinajstić information content (AvgIpc) is 2.42. The van der Waals surface area contributed by atoms with Crippen LogP contribution >= 0.6 is 0 Å². The van der Waals surface area contributed by atoms with Crippen LogP contribution in [0.1, 0.15) is 45.6 Å². The molecule has 0 fully saturated rings. The zero-order chi connectivity index (χ0) is 14.3. The van der Waals surface area contributed by atoms with E-state index < -0.39 is 0 Å². The van der Waals surface area contributed by atoms with E-state index in [-0.39, 0.29) is 0 Å². The van der Waals surface area contributed by atoms with Gasteiger partial charge >= 0.3 is 0 Å². The van der Waals surface area contributed by atoms with Crippen LogP contribution < -0.4 is 10.1 Å². The van der Waals surface area contributed by atoms with E-state index in [1.807, 2.05) is 0 Å². The molecule has 4 nitrogen and oxygen atoms in total. The Morgan fingerprint density at radius 1 is 1.42 bits per heavy atom. The van der Waals surface area contributed by atoms with Gasteiger partial charge in [-0.25, -0.2) is 4.98 Å². The van der Waals surface area contributed by atoms with Gasteiger partial charge in [0.25, 0.3) is 0 Å². The maximum absolute atomic E-state index is 9.06. The van der Waals surface area contributed by atoms with E-state index in [9.17, 15) is 0 Å².